The van der Waals surface area contributed by atoms with Crippen molar-refractivity contribution in [1.29, 1.82) is 0 Å². The molecule has 0 spiro atoms. The van der Waals surface area contributed by atoms with Gasteiger partial charge in [-0.15, -0.1) is 0 Å². The van der Waals surface area contributed by atoms with Gasteiger partial charge >= 0.3 is 6.03 Å². The van der Waals surface area contributed by atoms with Gasteiger partial charge in [0.25, 0.3) is 0 Å². The van der Waals surface area contributed by atoms with Crippen molar-refractivity contribution in [1.82, 2.24) is 10.2 Å². The van der Waals surface area contributed by atoms with E-state index >= 15 is 0 Å². The Morgan fingerprint density at radius 3 is 2.60 bits per heavy atom. The summed E-state index contributed by atoms with van der Waals surface area (Å²) in [6.07, 6.45) is 0.943. The number of carbonyl (C=O) groups is 1. The van der Waals surface area contributed by atoms with Crippen LogP contribution in [0.2, 0.25) is 0 Å². The Balaban J connectivity index is 1.86. The van der Waals surface area contributed by atoms with E-state index in [4.69, 9.17) is 0 Å². The van der Waals surface area contributed by atoms with Crippen LogP contribution < -0.4 is 10.6 Å². The molecule has 0 aliphatic heterocycles. The van der Waals surface area contributed by atoms with Crippen molar-refractivity contribution < 1.29 is 4.79 Å². The number of carbonyl (C=O) groups excluding carboxylic acids is 1. The summed E-state index contributed by atoms with van der Waals surface area (Å²) in [7, 11) is 4.05. The first kappa shape index (κ1) is 14.3. The number of hydrogen-bond acceptors (Lipinski definition) is 2. The second kappa shape index (κ2) is 6.91. The molecule has 0 saturated carbocycles. The third-order valence-corrected chi connectivity index (χ3v) is 3.07. The van der Waals surface area contributed by atoms with Crippen molar-refractivity contribution in [3.8, 4) is 0 Å². The van der Waals surface area contributed by atoms with Crippen LogP contribution in [0.15, 0.2) is 42.5 Å². The van der Waals surface area contributed by atoms with Gasteiger partial charge in [0.05, 0.1) is 0 Å². The van der Waals surface area contributed by atoms with Crippen LogP contribution in [0.1, 0.15) is 6.42 Å². The number of nitrogens with zero attached hydrogens (tertiary/aromatic N) is 1. The molecule has 2 N–H and O–H groups in total. The van der Waals surface area contributed by atoms with E-state index in [2.05, 4.69) is 21.6 Å². The summed E-state index contributed by atoms with van der Waals surface area (Å²) in [5, 5.41) is 8.01. The van der Waals surface area contributed by atoms with Crippen LogP contribution in [-0.4, -0.2) is 38.1 Å². The van der Waals surface area contributed by atoms with Crippen molar-refractivity contribution in [3.05, 3.63) is 42.5 Å². The molecule has 2 aromatic rings. The number of benzene rings is 2. The average Bonchev–Trinajstić information content (AvgIpc) is 2.43. The van der Waals surface area contributed by atoms with E-state index in [-0.39, 0.29) is 6.03 Å². The zero-order valence-electron chi connectivity index (χ0n) is 12.0. The first-order valence-electron chi connectivity index (χ1n) is 6.83. The number of amides is 2. The minimum atomic E-state index is -0.154. The topological polar surface area (TPSA) is 44.4 Å². The number of urea groups is 1. The zero-order valence-corrected chi connectivity index (χ0v) is 12.0. The Morgan fingerprint density at radius 1 is 1.10 bits per heavy atom. The maximum atomic E-state index is 11.8. The van der Waals surface area contributed by atoms with E-state index < -0.39 is 0 Å². The van der Waals surface area contributed by atoms with Gasteiger partial charge in [0.1, 0.15) is 0 Å². The predicted octanol–water partition coefficient (Wildman–Crippen LogP) is 2.91. The molecular formula is C16H21N3O. The van der Waals surface area contributed by atoms with Crippen LogP contribution in [0.25, 0.3) is 10.8 Å². The monoisotopic (exact) mass is 271 g/mol. The first-order chi connectivity index (χ1) is 9.65. The summed E-state index contributed by atoms with van der Waals surface area (Å²) in [4.78, 5) is 13.9. The van der Waals surface area contributed by atoms with Gasteiger partial charge in [-0.1, -0.05) is 30.3 Å². The van der Waals surface area contributed by atoms with Gasteiger partial charge in [-0.2, -0.15) is 0 Å². The lowest BCUT2D eigenvalue weighted by molar-refractivity contribution is 0.251. The molecular weight excluding hydrogens is 250 g/mol. The van der Waals surface area contributed by atoms with Crippen molar-refractivity contribution in [3.63, 3.8) is 0 Å². The maximum Gasteiger partial charge on any atom is 0.319 e. The lowest BCUT2D eigenvalue weighted by atomic mass is 10.1. The molecule has 0 aliphatic rings. The van der Waals surface area contributed by atoms with Crippen molar-refractivity contribution in [2.24, 2.45) is 0 Å². The Hall–Kier alpha value is -2.07. The molecule has 0 fully saturated rings. The lowest BCUT2D eigenvalue weighted by Gasteiger charge is -2.11. The third-order valence-electron chi connectivity index (χ3n) is 3.07. The lowest BCUT2D eigenvalue weighted by Crippen LogP contribution is -2.31. The highest BCUT2D eigenvalue weighted by molar-refractivity contribution is 5.93. The Kier molecular flexibility index (Phi) is 4.96. The molecule has 20 heavy (non-hydrogen) atoms. The summed E-state index contributed by atoms with van der Waals surface area (Å²) in [5.41, 5.74) is 0.814. The Labute approximate surface area is 119 Å². The molecule has 0 aliphatic carbocycles. The minimum Gasteiger partial charge on any atom is -0.338 e. The van der Waals surface area contributed by atoms with E-state index in [9.17, 15) is 4.79 Å². The number of hydrogen-bond donors (Lipinski definition) is 2. The number of rotatable bonds is 5. The van der Waals surface area contributed by atoms with E-state index in [1.54, 1.807) is 0 Å². The number of fused-ring (bicyclic) bond motifs is 1. The molecule has 0 saturated heterocycles. The molecule has 2 amide bonds. The average molecular weight is 271 g/mol. The van der Waals surface area contributed by atoms with Crippen molar-refractivity contribution in [2.45, 2.75) is 6.42 Å². The van der Waals surface area contributed by atoms with Gasteiger partial charge < -0.3 is 15.5 Å². The standard InChI is InChI=1S/C16H21N3O/c1-19(2)11-5-10-17-16(20)18-15-9-8-13-6-3-4-7-14(13)12-15/h3-4,6-9,12H,5,10-11H2,1-2H3,(H2,17,18,20). The predicted molar refractivity (Wildman–Crippen MR) is 84.1 cm³/mol. The molecule has 4 heteroatoms. The van der Waals surface area contributed by atoms with Gasteiger partial charge in [0.2, 0.25) is 0 Å². The van der Waals surface area contributed by atoms with E-state index in [1.165, 1.54) is 5.39 Å². The highest BCUT2D eigenvalue weighted by atomic mass is 16.2. The number of nitrogens with one attached hydrogen (secondary N) is 2. The van der Waals surface area contributed by atoms with Gasteiger partial charge in [-0.05, 0) is 50.0 Å². The normalized spacial score (nSPS) is 10.8. The highest BCUT2D eigenvalue weighted by Crippen LogP contribution is 2.18. The fourth-order valence-corrected chi connectivity index (χ4v) is 2.04. The molecule has 0 atom stereocenters. The molecule has 0 aromatic heterocycles. The van der Waals surface area contributed by atoms with Gasteiger partial charge in [-0.25, -0.2) is 4.79 Å². The summed E-state index contributed by atoms with van der Waals surface area (Å²) in [6, 6.07) is 13.9. The van der Waals surface area contributed by atoms with Gasteiger partial charge in [0, 0.05) is 12.2 Å². The minimum absolute atomic E-state index is 0.154. The smallest absolute Gasteiger partial charge is 0.319 e. The van der Waals surface area contributed by atoms with Crippen molar-refractivity contribution >= 4 is 22.5 Å². The van der Waals surface area contributed by atoms with Crippen LogP contribution in [0.5, 0.6) is 0 Å². The summed E-state index contributed by atoms with van der Waals surface area (Å²) in [6.45, 7) is 1.65. The molecule has 2 aromatic carbocycles. The molecule has 2 rings (SSSR count). The van der Waals surface area contributed by atoms with Crippen LogP contribution in [0, 0.1) is 0 Å². The van der Waals surface area contributed by atoms with E-state index in [1.807, 2.05) is 50.5 Å². The van der Waals surface area contributed by atoms with E-state index in [0.29, 0.717) is 6.54 Å². The molecule has 0 heterocycles. The quantitative estimate of drug-likeness (QED) is 0.821. The number of anilines is 1. The summed E-state index contributed by atoms with van der Waals surface area (Å²) < 4.78 is 0. The molecule has 0 radical (unpaired) electrons. The first-order valence-corrected chi connectivity index (χ1v) is 6.83. The second-order valence-electron chi connectivity index (χ2n) is 5.10. The van der Waals surface area contributed by atoms with Crippen LogP contribution in [0.3, 0.4) is 0 Å². The Bertz CT molecular complexity index is 581. The maximum absolute atomic E-state index is 11.8. The summed E-state index contributed by atoms with van der Waals surface area (Å²) in [5.74, 6) is 0. The van der Waals surface area contributed by atoms with Gasteiger partial charge in [-0.3, -0.25) is 0 Å². The summed E-state index contributed by atoms with van der Waals surface area (Å²) >= 11 is 0. The van der Waals surface area contributed by atoms with Crippen molar-refractivity contribution in [2.75, 3.05) is 32.5 Å². The molecule has 106 valence electrons. The van der Waals surface area contributed by atoms with E-state index in [0.717, 1.165) is 24.0 Å². The highest BCUT2D eigenvalue weighted by Gasteiger charge is 2.02. The Morgan fingerprint density at radius 2 is 1.85 bits per heavy atom. The van der Waals surface area contributed by atoms with Crippen LogP contribution >= 0.6 is 0 Å². The largest absolute Gasteiger partial charge is 0.338 e. The molecule has 4 nitrogen and oxygen atoms in total. The molecule has 0 unspecified atom stereocenters. The van der Waals surface area contributed by atoms with Gasteiger partial charge in [0.15, 0.2) is 0 Å². The van der Waals surface area contributed by atoms with Crippen LogP contribution in [0.4, 0.5) is 10.5 Å². The SMILES string of the molecule is CN(C)CCCNC(=O)Nc1ccc2ccccc2c1. The zero-order chi connectivity index (χ0) is 14.4. The van der Waals surface area contributed by atoms with Crippen LogP contribution in [-0.2, 0) is 0 Å². The second-order valence-corrected chi connectivity index (χ2v) is 5.10. The molecule has 0 bridgehead atoms. The fourth-order valence-electron chi connectivity index (χ4n) is 2.04. The third kappa shape index (κ3) is 4.24. The fraction of sp³-hybridized carbons (Fsp3) is 0.312.